The van der Waals surface area contributed by atoms with Crippen LogP contribution in [0.2, 0.25) is 5.02 Å². The van der Waals surface area contributed by atoms with E-state index in [1.807, 2.05) is 0 Å². The van der Waals surface area contributed by atoms with Crippen molar-refractivity contribution in [2.75, 3.05) is 12.4 Å². The minimum absolute atomic E-state index is 0.249. The van der Waals surface area contributed by atoms with Crippen molar-refractivity contribution in [3.63, 3.8) is 0 Å². The van der Waals surface area contributed by atoms with E-state index in [-0.39, 0.29) is 5.02 Å². The summed E-state index contributed by atoms with van der Waals surface area (Å²) in [4.78, 5) is 8.16. The SMILES string of the molecule is CNc1cc(-n2ccc(-c3cc(C(F)(F)F)ccc3Cl)c2)ncn1. The number of nitrogens with one attached hydrogen (secondary N) is 1. The largest absolute Gasteiger partial charge is 0.416 e. The summed E-state index contributed by atoms with van der Waals surface area (Å²) < 4.78 is 40.4. The number of nitrogens with zero attached hydrogens (tertiary/aromatic N) is 3. The summed E-state index contributed by atoms with van der Waals surface area (Å²) in [6, 6.07) is 6.66. The molecule has 1 aromatic carbocycles. The summed E-state index contributed by atoms with van der Waals surface area (Å²) in [5, 5.41) is 3.15. The van der Waals surface area contributed by atoms with Crippen LogP contribution in [0.1, 0.15) is 5.56 Å². The Morgan fingerprint density at radius 2 is 1.92 bits per heavy atom. The number of benzene rings is 1. The summed E-state index contributed by atoms with van der Waals surface area (Å²) in [6.45, 7) is 0. The fourth-order valence-corrected chi connectivity index (χ4v) is 2.47. The van der Waals surface area contributed by atoms with Gasteiger partial charge in [-0.3, -0.25) is 0 Å². The molecule has 0 spiro atoms. The van der Waals surface area contributed by atoms with Gasteiger partial charge in [0.1, 0.15) is 18.0 Å². The maximum Gasteiger partial charge on any atom is 0.416 e. The molecular weight excluding hydrogens is 341 g/mol. The van der Waals surface area contributed by atoms with Crippen molar-refractivity contribution >= 4 is 17.4 Å². The lowest BCUT2D eigenvalue weighted by molar-refractivity contribution is -0.137. The number of aromatic nitrogens is 3. The summed E-state index contributed by atoms with van der Waals surface area (Å²) in [7, 11) is 1.73. The van der Waals surface area contributed by atoms with Gasteiger partial charge in [0.2, 0.25) is 0 Å². The third-order valence-electron chi connectivity index (χ3n) is 3.47. The fourth-order valence-electron chi connectivity index (χ4n) is 2.25. The second-order valence-corrected chi connectivity index (χ2v) is 5.42. The highest BCUT2D eigenvalue weighted by atomic mass is 35.5. The molecule has 0 atom stereocenters. The Hall–Kier alpha value is -2.54. The summed E-state index contributed by atoms with van der Waals surface area (Å²) in [5.74, 6) is 1.22. The molecule has 1 N–H and O–H groups in total. The van der Waals surface area contributed by atoms with E-state index in [9.17, 15) is 13.2 Å². The summed E-state index contributed by atoms with van der Waals surface area (Å²) >= 11 is 6.07. The van der Waals surface area contributed by atoms with Gasteiger partial charge in [0.15, 0.2) is 0 Å². The molecule has 4 nitrogen and oxygen atoms in total. The first kappa shape index (κ1) is 16.3. The molecule has 0 saturated carbocycles. The monoisotopic (exact) mass is 352 g/mol. The molecule has 0 radical (unpaired) electrons. The van der Waals surface area contributed by atoms with Crippen molar-refractivity contribution in [2.45, 2.75) is 6.18 Å². The van der Waals surface area contributed by atoms with Crippen molar-refractivity contribution in [3.05, 3.63) is 59.6 Å². The molecule has 0 amide bonds. The highest BCUT2D eigenvalue weighted by Gasteiger charge is 2.31. The van der Waals surface area contributed by atoms with Crippen LogP contribution in [-0.4, -0.2) is 21.6 Å². The molecule has 0 bridgehead atoms. The van der Waals surface area contributed by atoms with Crippen LogP contribution < -0.4 is 5.32 Å². The quantitative estimate of drug-likeness (QED) is 0.746. The van der Waals surface area contributed by atoms with E-state index in [0.717, 1.165) is 12.1 Å². The molecule has 3 rings (SSSR count). The summed E-state index contributed by atoms with van der Waals surface area (Å²) in [6.07, 6.45) is 0.352. The van der Waals surface area contributed by atoms with Crippen molar-refractivity contribution in [1.82, 2.24) is 14.5 Å². The first-order chi connectivity index (χ1) is 11.4. The van der Waals surface area contributed by atoms with Crippen LogP contribution in [0.5, 0.6) is 0 Å². The van der Waals surface area contributed by atoms with Crippen LogP contribution in [0.25, 0.3) is 16.9 Å². The van der Waals surface area contributed by atoms with Gasteiger partial charge in [0.25, 0.3) is 0 Å². The maximum atomic E-state index is 12.9. The number of anilines is 1. The molecule has 3 aromatic rings. The van der Waals surface area contributed by atoms with Gasteiger partial charge in [-0.05, 0) is 24.3 Å². The van der Waals surface area contributed by atoms with E-state index < -0.39 is 11.7 Å². The van der Waals surface area contributed by atoms with Gasteiger partial charge in [-0.2, -0.15) is 13.2 Å². The van der Waals surface area contributed by atoms with Crippen LogP contribution in [0.4, 0.5) is 19.0 Å². The van der Waals surface area contributed by atoms with Gasteiger partial charge in [-0.15, -0.1) is 0 Å². The lowest BCUT2D eigenvalue weighted by Crippen LogP contribution is -2.04. The molecule has 0 aliphatic heterocycles. The Kier molecular flexibility index (Phi) is 4.19. The minimum Gasteiger partial charge on any atom is -0.373 e. The zero-order valence-electron chi connectivity index (χ0n) is 12.5. The first-order valence-electron chi connectivity index (χ1n) is 6.94. The smallest absolute Gasteiger partial charge is 0.373 e. The van der Waals surface area contributed by atoms with Gasteiger partial charge in [0.05, 0.1) is 5.56 Å². The number of hydrogen-bond acceptors (Lipinski definition) is 3. The molecule has 0 aliphatic carbocycles. The lowest BCUT2D eigenvalue weighted by atomic mass is 10.1. The number of rotatable bonds is 3. The topological polar surface area (TPSA) is 42.7 Å². The van der Waals surface area contributed by atoms with Crippen molar-refractivity contribution in [1.29, 1.82) is 0 Å². The second kappa shape index (κ2) is 6.16. The Morgan fingerprint density at radius 3 is 2.62 bits per heavy atom. The number of alkyl halides is 3. The summed E-state index contributed by atoms with van der Waals surface area (Å²) in [5.41, 5.74) is 0.137. The van der Waals surface area contributed by atoms with Crippen LogP contribution in [-0.2, 0) is 6.18 Å². The van der Waals surface area contributed by atoms with E-state index >= 15 is 0 Å². The highest BCUT2D eigenvalue weighted by molar-refractivity contribution is 6.33. The molecule has 124 valence electrons. The van der Waals surface area contributed by atoms with E-state index in [1.54, 1.807) is 36.1 Å². The molecule has 0 aliphatic rings. The zero-order valence-corrected chi connectivity index (χ0v) is 13.2. The Labute approximate surface area is 140 Å². The van der Waals surface area contributed by atoms with E-state index in [1.165, 1.54) is 12.4 Å². The van der Waals surface area contributed by atoms with Gasteiger partial charge >= 0.3 is 6.18 Å². The van der Waals surface area contributed by atoms with Gasteiger partial charge < -0.3 is 9.88 Å². The van der Waals surface area contributed by atoms with Crippen LogP contribution in [0.15, 0.2) is 49.1 Å². The average molecular weight is 353 g/mol. The van der Waals surface area contributed by atoms with Crippen LogP contribution in [0.3, 0.4) is 0 Å². The predicted molar refractivity (Wildman–Crippen MR) is 86.4 cm³/mol. The van der Waals surface area contributed by atoms with Gasteiger partial charge in [-0.1, -0.05) is 11.6 Å². The van der Waals surface area contributed by atoms with Gasteiger partial charge in [0, 0.05) is 41.7 Å². The van der Waals surface area contributed by atoms with E-state index in [2.05, 4.69) is 15.3 Å². The van der Waals surface area contributed by atoms with Gasteiger partial charge in [-0.25, -0.2) is 9.97 Å². The Morgan fingerprint density at radius 1 is 1.12 bits per heavy atom. The van der Waals surface area contributed by atoms with Crippen LogP contribution >= 0.6 is 11.6 Å². The lowest BCUT2D eigenvalue weighted by Gasteiger charge is -2.09. The Balaban J connectivity index is 2.02. The molecule has 2 aromatic heterocycles. The minimum atomic E-state index is -4.42. The molecule has 8 heteroatoms. The average Bonchev–Trinajstić information content (AvgIpc) is 3.04. The number of halogens is 4. The first-order valence-corrected chi connectivity index (χ1v) is 7.31. The zero-order chi connectivity index (χ0) is 17.3. The third-order valence-corrected chi connectivity index (χ3v) is 3.80. The molecule has 24 heavy (non-hydrogen) atoms. The van der Waals surface area contributed by atoms with Crippen LogP contribution in [0, 0.1) is 0 Å². The highest BCUT2D eigenvalue weighted by Crippen LogP contribution is 2.36. The third kappa shape index (κ3) is 3.21. The van der Waals surface area contributed by atoms with E-state index in [4.69, 9.17) is 11.6 Å². The molecule has 0 fully saturated rings. The predicted octanol–water partition coefficient (Wildman–Crippen LogP) is 4.65. The molecule has 0 saturated heterocycles. The Bertz CT molecular complexity index is 874. The maximum absolute atomic E-state index is 12.9. The van der Waals surface area contributed by atoms with Crippen molar-refractivity contribution in [3.8, 4) is 16.9 Å². The normalized spacial score (nSPS) is 11.5. The van der Waals surface area contributed by atoms with E-state index in [0.29, 0.717) is 22.8 Å². The standard InChI is InChI=1S/C16H12ClF3N4/c1-21-14-7-15(23-9-22-14)24-5-4-10(8-24)12-6-11(16(18,19)20)2-3-13(12)17/h2-9H,1H3,(H,21,22,23). The number of hydrogen-bond donors (Lipinski definition) is 1. The molecular formula is C16H12ClF3N4. The van der Waals surface area contributed by atoms with Crippen molar-refractivity contribution in [2.24, 2.45) is 0 Å². The second-order valence-electron chi connectivity index (χ2n) is 5.01. The van der Waals surface area contributed by atoms with Crippen molar-refractivity contribution < 1.29 is 13.2 Å². The molecule has 2 heterocycles. The fraction of sp³-hybridized carbons (Fsp3) is 0.125. The molecule has 0 unspecified atom stereocenters.